The van der Waals surface area contributed by atoms with Crippen LogP contribution in [0.25, 0.3) is 0 Å². The Morgan fingerprint density at radius 3 is 2.65 bits per heavy atom. The van der Waals surface area contributed by atoms with E-state index in [0.717, 1.165) is 19.3 Å². The third-order valence-corrected chi connectivity index (χ3v) is 5.31. The maximum atomic E-state index is 12.4. The van der Waals surface area contributed by atoms with Crippen LogP contribution in [0.5, 0.6) is 0 Å². The van der Waals surface area contributed by atoms with Crippen LogP contribution in [0.15, 0.2) is 29.2 Å². The minimum Gasteiger partial charge on any atom is -0.320 e. The number of hydrogen-bond donors (Lipinski definition) is 2. The van der Waals surface area contributed by atoms with Gasteiger partial charge in [0.05, 0.1) is 11.4 Å². The van der Waals surface area contributed by atoms with Crippen molar-refractivity contribution in [1.29, 1.82) is 0 Å². The highest BCUT2D eigenvalue weighted by atomic mass is 32.2. The highest BCUT2D eigenvalue weighted by Crippen LogP contribution is 2.48. The summed E-state index contributed by atoms with van der Waals surface area (Å²) in [5, 5.41) is 0. The van der Waals surface area contributed by atoms with Crippen LogP contribution in [0.1, 0.15) is 31.7 Å². The van der Waals surface area contributed by atoms with Gasteiger partial charge in [0.15, 0.2) is 0 Å². The fourth-order valence-electron chi connectivity index (χ4n) is 2.11. The third kappa shape index (κ3) is 3.40. The molecule has 4 nitrogen and oxygen atoms in total. The standard InChI is InChI=1S/C15H20N2O2S/c1-2-15(9-10-15)12-17-20(18,19)14-8-4-3-6-13(14)7-5-11-16/h3-4,6,8,17H,2,9-12,16H2,1H3. The summed E-state index contributed by atoms with van der Waals surface area (Å²) in [4.78, 5) is 0.229. The SMILES string of the molecule is CCC1(CNS(=O)(=O)c2ccccc2C#CCN)CC1. The second-order valence-corrected chi connectivity index (χ2v) is 6.92. The van der Waals surface area contributed by atoms with Gasteiger partial charge in [0.25, 0.3) is 0 Å². The lowest BCUT2D eigenvalue weighted by molar-refractivity contribution is 0.475. The number of benzene rings is 1. The second-order valence-electron chi connectivity index (χ2n) is 5.18. The van der Waals surface area contributed by atoms with Crippen molar-refractivity contribution >= 4 is 10.0 Å². The van der Waals surface area contributed by atoms with Crippen molar-refractivity contribution in [3.63, 3.8) is 0 Å². The van der Waals surface area contributed by atoms with Gasteiger partial charge in [-0.3, -0.25) is 0 Å². The van der Waals surface area contributed by atoms with Gasteiger partial charge in [-0.25, -0.2) is 13.1 Å². The molecule has 1 fully saturated rings. The van der Waals surface area contributed by atoms with E-state index in [4.69, 9.17) is 5.73 Å². The Labute approximate surface area is 120 Å². The monoisotopic (exact) mass is 292 g/mol. The van der Waals surface area contributed by atoms with Crippen molar-refractivity contribution in [3.05, 3.63) is 29.8 Å². The molecule has 1 aromatic rings. The highest BCUT2D eigenvalue weighted by Gasteiger charge is 2.41. The van der Waals surface area contributed by atoms with Gasteiger partial charge in [0, 0.05) is 12.1 Å². The Hall–Kier alpha value is -1.35. The molecule has 1 aliphatic carbocycles. The summed E-state index contributed by atoms with van der Waals surface area (Å²) in [5.74, 6) is 5.51. The van der Waals surface area contributed by atoms with Crippen molar-refractivity contribution in [2.24, 2.45) is 11.1 Å². The Morgan fingerprint density at radius 1 is 1.35 bits per heavy atom. The van der Waals surface area contributed by atoms with Crippen molar-refractivity contribution < 1.29 is 8.42 Å². The van der Waals surface area contributed by atoms with Crippen LogP contribution in [0.2, 0.25) is 0 Å². The summed E-state index contributed by atoms with van der Waals surface area (Å²) in [7, 11) is -3.52. The van der Waals surface area contributed by atoms with E-state index in [0.29, 0.717) is 12.1 Å². The van der Waals surface area contributed by atoms with Crippen molar-refractivity contribution in [2.75, 3.05) is 13.1 Å². The van der Waals surface area contributed by atoms with Gasteiger partial charge in [-0.15, -0.1) is 0 Å². The Bertz CT molecular complexity index is 637. The molecule has 108 valence electrons. The largest absolute Gasteiger partial charge is 0.320 e. The summed E-state index contributed by atoms with van der Waals surface area (Å²) in [6.45, 7) is 2.81. The van der Waals surface area contributed by atoms with Gasteiger partial charge in [-0.05, 0) is 36.8 Å². The summed E-state index contributed by atoms with van der Waals surface area (Å²) in [6.07, 6.45) is 3.20. The van der Waals surface area contributed by atoms with Gasteiger partial charge < -0.3 is 5.73 Å². The zero-order valence-electron chi connectivity index (χ0n) is 11.6. The number of rotatable bonds is 5. The van der Waals surface area contributed by atoms with Crippen molar-refractivity contribution in [1.82, 2.24) is 4.72 Å². The fraction of sp³-hybridized carbons (Fsp3) is 0.467. The molecule has 20 heavy (non-hydrogen) atoms. The molecule has 1 saturated carbocycles. The van der Waals surface area contributed by atoms with E-state index >= 15 is 0 Å². The molecule has 0 unspecified atom stereocenters. The predicted octanol–water partition coefficient (Wildman–Crippen LogP) is 1.47. The van der Waals surface area contributed by atoms with E-state index in [2.05, 4.69) is 23.5 Å². The average Bonchev–Trinajstić information content (AvgIpc) is 3.24. The van der Waals surface area contributed by atoms with Gasteiger partial charge >= 0.3 is 0 Å². The van der Waals surface area contributed by atoms with Crippen molar-refractivity contribution in [2.45, 2.75) is 31.1 Å². The third-order valence-electron chi connectivity index (χ3n) is 3.85. The number of sulfonamides is 1. The molecule has 2 rings (SSSR count). The average molecular weight is 292 g/mol. The lowest BCUT2D eigenvalue weighted by Gasteiger charge is -2.14. The minimum absolute atomic E-state index is 0.172. The van der Waals surface area contributed by atoms with Crippen LogP contribution in [0.3, 0.4) is 0 Å². The summed E-state index contributed by atoms with van der Waals surface area (Å²) in [6, 6.07) is 6.75. The van der Waals surface area contributed by atoms with Crippen LogP contribution in [-0.2, 0) is 10.0 Å². The maximum absolute atomic E-state index is 12.4. The molecule has 0 radical (unpaired) electrons. The maximum Gasteiger partial charge on any atom is 0.241 e. The molecule has 1 aromatic carbocycles. The van der Waals surface area contributed by atoms with E-state index in [-0.39, 0.29) is 16.9 Å². The lowest BCUT2D eigenvalue weighted by Crippen LogP contribution is -2.30. The van der Waals surface area contributed by atoms with Crippen LogP contribution >= 0.6 is 0 Å². The van der Waals surface area contributed by atoms with E-state index in [1.807, 2.05) is 0 Å². The minimum atomic E-state index is -3.52. The molecule has 0 heterocycles. The first-order valence-electron chi connectivity index (χ1n) is 6.81. The molecule has 0 saturated heterocycles. The molecular formula is C15H20N2O2S. The van der Waals surface area contributed by atoms with E-state index < -0.39 is 10.0 Å². The fourth-order valence-corrected chi connectivity index (χ4v) is 3.43. The molecule has 3 N–H and O–H groups in total. The Balaban J connectivity index is 2.21. The molecule has 5 heteroatoms. The quantitative estimate of drug-likeness (QED) is 0.807. The van der Waals surface area contributed by atoms with E-state index in [1.165, 1.54) is 0 Å². The van der Waals surface area contributed by atoms with Crippen LogP contribution in [-0.4, -0.2) is 21.5 Å². The molecular weight excluding hydrogens is 272 g/mol. The summed E-state index contributed by atoms with van der Waals surface area (Å²) >= 11 is 0. The molecule has 0 spiro atoms. The van der Waals surface area contributed by atoms with E-state index in [9.17, 15) is 8.42 Å². The smallest absolute Gasteiger partial charge is 0.241 e. The first kappa shape index (κ1) is 15.0. The first-order chi connectivity index (χ1) is 9.53. The molecule has 0 bridgehead atoms. The normalized spacial score (nSPS) is 16.3. The number of nitrogens with two attached hydrogens (primary N) is 1. The van der Waals surface area contributed by atoms with Gasteiger partial charge in [-0.1, -0.05) is 30.9 Å². The van der Waals surface area contributed by atoms with Crippen molar-refractivity contribution in [3.8, 4) is 11.8 Å². The number of nitrogens with one attached hydrogen (secondary N) is 1. The molecule has 0 atom stereocenters. The van der Waals surface area contributed by atoms with Crippen LogP contribution in [0.4, 0.5) is 0 Å². The summed E-state index contributed by atoms with van der Waals surface area (Å²) in [5.41, 5.74) is 6.00. The summed E-state index contributed by atoms with van der Waals surface area (Å²) < 4.78 is 27.5. The Morgan fingerprint density at radius 2 is 2.05 bits per heavy atom. The zero-order valence-corrected chi connectivity index (χ0v) is 12.5. The highest BCUT2D eigenvalue weighted by molar-refractivity contribution is 7.89. The zero-order chi connectivity index (χ0) is 14.6. The molecule has 0 amide bonds. The Kier molecular flexibility index (Phi) is 4.48. The van der Waals surface area contributed by atoms with Gasteiger partial charge in [-0.2, -0.15) is 0 Å². The predicted molar refractivity (Wildman–Crippen MR) is 79.5 cm³/mol. The van der Waals surface area contributed by atoms with Crippen LogP contribution in [0, 0.1) is 17.3 Å². The number of hydrogen-bond acceptors (Lipinski definition) is 3. The molecule has 0 aromatic heterocycles. The molecule has 0 aliphatic heterocycles. The second kappa shape index (κ2) is 5.96. The van der Waals surface area contributed by atoms with Gasteiger partial charge in [0.1, 0.15) is 0 Å². The lowest BCUT2D eigenvalue weighted by atomic mass is 10.1. The topological polar surface area (TPSA) is 72.2 Å². The van der Waals surface area contributed by atoms with Crippen LogP contribution < -0.4 is 10.5 Å². The first-order valence-corrected chi connectivity index (χ1v) is 8.29. The van der Waals surface area contributed by atoms with E-state index in [1.54, 1.807) is 24.3 Å². The molecule has 1 aliphatic rings. The van der Waals surface area contributed by atoms with Gasteiger partial charge in [0.2, 0.25) is 10.0 Å².